The van der Waals surface area contributed by atoms with Crippen LogP contribution in [0, 0.1) is 24.1 Å². The van der Waals surface area contributed by atoms with Gasteiger partial charge in [0.25, 0.3) is 0 Å². The molecule has 2 rings (SSSR count). The average molecular weight is 288 g/mol. The molecule has 0 N–H and O–H groups in total. The predicted octanol–water partition coefficient (Wildman–Crippen LogP) is 4.28. The molecule has 1 unspecified atom stereocenters. The normalized spacial score (nSPS) is 11.7. The van der Waals surface area contributed by atoms with E-state index in [2.05, 4.69) is 0 Å². The third-order valence-electron chi connectivity index (χ3n) is 3.00. The minimum absolute atomic E-state index is 0.0806. The molecule has 100 valence electrons. The van der Waals surface area contributed by atoms with Crippen molar-refractivity contribution in [3.05, 3.63) is 70.0 Å². The molecule has 0 aromatic heterocycles. The van der Waals surface area contributed by atoms with Crippen LogP contribution in [0.1, 0.15) is 27.4 Å². The van der Waals surface area contributed by atoms with Crippen molar-refractivity contribution in [3.8, 4) is 6.07 Å². The lowest BCUT2D eigenvalue weighted by atomic mass is 9.91. The Bertz CT molecular complexity index is 689. The van der Waals surface area contributed by atoms with E-state index >= 15 is 0 Å². The van der Waals surface area contributed by atoms with Gasteiger partial charge in [0.1, 0.15) is 11.7 Å². The molecule has 0 aliphatic heterocycles. The molecule has 0 heterocycles. The van der Waals surface area contributed by atoms with Crippen LogP contribution in [-0.2, 0) is 0 Å². The van der Waals surface area contributed by atoms with Gasteiger partial charge in [-0.1, -0.05) is 47.5 Å². The number of nitriles is 1. The lowest BCUT2D eigenvalue weighted by Gasteiger charge is -2.10. The highest BCUT2D eigenvalue weighted by molar-refractivity contribution is 6.31. The first-order valence-electron chi connectivity index (χ1n) is 5.98. The average Bonchev–Trinajstić information content (AvgIpc) is 2.42. The summed E-state index contributed by atoms with van der Waals surface area (Å²) in [5.74, 6) is -1.88. The molecule has 0 fully saturated rings. The summed E-state index contributed by atoms with van der Waals surface area (Å²) in [6.45, 7) is 1.91. The molecule has 0 saturated carbocycles. The first-order valence-corrected chi connectivity index (χ1v) is 6.36. The fourth-order valence-electron chi connectivity index (χ4n) is 1.89. The number of hydrogen-bond acceptors (Lipinski definition) is 2. The highest BCUT2D eigenvalue weighted by atomic mass is 35.5. The Labute approximate surface area is 121 Å². The number of benzene rings is 2. The van der Waals surface area contributed by atoms with Gasteiger partial charge < -0.3 is 0 Å². The van der Waals surface area contributed by atoms with Gasteiger partial charge >= 0.3 is 0 Å². The Morgan fingerprint density at radius 3 is 2.45 bits per heavy atom. The molecule has 0 aliphatic carbocycles. The third-order valence-corrected chi connectivity index (χ3v) is 3.33. The van der Waals surface area contributed by atoms with Gasteiger partial charge in [0.05, 0.1) is 6.07 Å². The zero-order valence-corrected chi connectivity index (χ0v) is 11.5. The SMILES string of the molecule is Cc1ccc(C(=O)C(C#N)c2ccc(F)cc2Cl)cc1. The molecule has 1 atom stereocenters. The standard InChI is InChI=1S/C16H11ClFNO/c1-10-2-4-11(5-3-10)16(20)14(9-19)13-7-6-12(18)8-15(13)17/h2-8,14H,1H3. The van der Waals surface area contributed by atoms with E-state index in [1.54, 1.807) is 24.3 Å². The summed E-state index contributed by atoms with van der Waals surface area (Å²) in [7, 11) is 0. The fraction of sp³-hybridized carbons (Fsp3) is 0.125. The van der Waals surface area contributed by atoms with Crippen molar-refractivity contribution in [1.29, 1.82) is 5.26 Å². The van der Waals surface area contributed by atoms with Crippen LogP contribution in [0.3, 0.4) is 0 Å². The molecule has 0 radical (unpaired) electrons. The topological polar surface area (TPSA) is 40.9 Å². The molecule has 0 saturated heterocycles. The Hall–Kier alpha value is -2.18. The van der Waals surface area contributed by atoms with E-state index < -0.39 is 11.7 Å². The molecular formula is C16H11ClFNO. The maximum absolute atomic E-state index is 13.0. The van der Waals surface area contributed by atoms with Crippen LogP contribution in [0.15, 0.2) is 42.5 Å². The van der Waals surface area contributed by atoms with Crippen molar-refractivity contribution >= 4 is 17.4 Å². The molecule has 0 aliphatic rings. The molecule has 4 heteroatoms. The van der Waals surface area contributed by atoms with Crippen LogP contribution < -0.4 is 0 Å². The van der Waals surface area contributed by atoms with Crippen LogP contribution >= 0.6 is 11.6 Å². The smallest absolute Gasteiger partial charge is 0.184 e. The van der Waals surface area contributed by atoms with E-state index in [1.807, 2.05) is 13.0 Å². The molecule has 0 bridgehead atoms. The monoisotopic (exact) mass is 287 g/mol. The van der Waals surface area contributed by atoms with E-state index in [0.717, 1.165) is 11.6 Å². The van der Waals surface area contributed by atoms with E-state index in [4.69, 9.17) is 11.6 Å². The fourth-order valence-corrected chi connectivity index (χ4v) is 2.17. The van der Waals surface area contributed by atoms with Crippen molar-refractivity contribution in [3.63, 3.8) is 0 Å². The summed E-state index contributed by atoms with van der Waals surface area (Å²) in [6.07, 6.45) is 0. The molecule has 0 amide bonds. The number of nitrogens with zero attached hydrogens (tertiary/aromatic N) is 1. The van der Waals surface area contributed by atoms with Gasteiger partial charge in [-0.3, -0.25) is 4.79 Å². The number of carbonyl (C=O) groups excluding carboxylic acids is 1. The van der Waals surface area contributed by atoms with Gasteiger partial charge in [-0.05, 0) is 24.6 Å². The van der Waals surface area contributed by atoms with Gasteiger partial charge in [-0.2, -0.15) is 5.26 Å². The lowest BCUT2D eigenvalue weighted by Crippen LogP contribution is -2.12. The first-order chi connectivity index (χ1) is 9.52. The number of halogens is 2. The van der Waals surface area contributed by atoms with E-state index in [1.165, 1.54) is 12.1 Å². The highest BCUT2D eigenvalue weighted by Gasteiger charge is 2.24. The quantitative estimate of drug-likeness (QED) is 0.791. The highest BCUT2D eigenvalue weighted by Crippen LogP contribution is 2.28. The summed E-state index contributed by atoms with van der Waals surface area (Å²) in [5, 5.41) is 9.32. The number of rotatable bonds is 3. The van der Waals surface area contributed by atoms with Gasteiger partial charge in [0.2, 0.25) is 0 Å². The molecule has 20 heavy (non-hydrogen) atoms. The second kappa shape index (κ2) is 5.85. The Morgan fingerprint density at radius 1 is 1.25 bits per heavy atom. The zero-order valence-electron chi connectivity index (χ0n) is 10.7. The molecule has 2 nitrogen and oxygen atoms in total. The van der Waals surface area contributed by atoms with Gasteiger partial charge in [0.15, 0.2) is 5.78 Å². The number of aryl methyl sites for hydroxylation is 1. The van der Waals surface area contributed by atoms with Crippen LogP contribution in [0.25, 0.3) is 0 Å². The largest absolute Gasteiger partial charge is 0.292 e. The summed E-state index contributed by atoms with van der Waals surface area (Å²) in [4.78, 5) is 12.3. The Morgan fingerprint density at radius 2 is 1.90 bits per heavy atom. The maximum Gasteiger partial charge on any atom is 0.184 e. The van der Waals surface area contributed by atoms with Crippen LogP contribution in [0.2, 0.25) is 5.02 Å². The third kappa shape index (κ3) is 2.87. The second-order valence-corrected chi connectivity index (χ2v) is 4.87. The van der Waals surface area contributed by atoms with Crippen molar-refractivity contribution in [2.24, 2.45) is 0 Å². The van der Waals surface area contributed by atoms with Crippen LogP contribution in [0.5, 0.6) is 0 Å². The van der Waals surface area contributed by atoms with Gasteiger partial charge in [0, 0.05) is 10.6 Å². The number of Topliss-reactive ketones (excluding diaryl/α,β-unsaturated/α-hetero) is 1. The molecular weight excluding hydrogens is 277 g/mol. The van der Waals surface area contributed by atoms with Crippen LogP contribution in [-0.4, -0.2) is 5.78 Å². The van der Waals surface area contributed by atoms with E-state index in [-0.39, 0.29) is 10.8 Å². The second-order valence-electron chi connectivity index (χ2n) is 4.46. The zero-order chi connectivity index (χ0) is 14.7. The summed E-state index contributed by atoms with van der Waals surface area (Å²) in [5.41, 5.74) is 1.78. The maximum atomic E-state index is 13.0. The Kier molecular flexibility index (Phi) is 4.16. The van der Waals surface area contributed by atoms with E-state index in [9.17, 15) is 14.4 Å². The van der Waals surface area contributed by atoms with Gasteiger partial charge in [-0.15, -0.1) is 0 Å². The minimum Gasteiger partial charge on any atom is -0.292 e. The summed E-state index contributed by atoms with van der Waals surface area (Å²) >= 11 is 5.92. The minimum atomic E-state index is -1.04. The van der Waals surface area contributed by atoms with Gasteiger partial charge in [-0.25, -0.2) is 4.39 Å². The Balaban J connectivity index is 2.40. The number of ketones is 1. The van der Waals surface area contributed by atoms with Crippen molar-refractivity contribution in [1.82, 2.24) is 0 Å². The number of hydrogen-bond donors (Lipinski definition) is 0. The molecule has 0 spiro atoms. The number of carbonyl (C=O) groups is 1. The summed E-state index contributed by atoms with van der Waals surface area (Å²) in [6, 6.07) is 12.5. The van der Waals surface area contributed by atoms with Crippen LogP contribution in [0.4, 0.5) is 4.39 Å². The van der Waals surface area contributed by atoms with Crippen molar-refractivity contribution in [2.45, 2.75) is 12.8 Å². The summed E-state index contributed by atoms with van der Waals surface area (Å²) < 4.78 is 13.0. The predicted molar refractivity (Wildman–Crippen MR) is 75.3 cm³/mol. The molecule has 2 aromatic rings. The van der Waals surface area contributed by atoms with E-state index in [0.29, 0.717) is 11.1 Å². The first kappa shape index (κ1) is 14.2. The van der Waals surface area contributed by atoms with Crippen molar-refractivity contribution < 1.29 is 9.18 Å². The van der Waals surface area contributed by atoms with Crippen molar-refractivity contribution in [2.75, 3.05) is 0 Å². The molecule has 2 aromatic carbocycles. The lowest BCUT2D eigenvalue weighted by molar-refractivity contribution is 0.0979.